The molecule has 0 aliphatic heterocycles. The van der Waals surface area contributed by atoms with E-state index in [9.17, 15) is 27.6 Å². The zero-order valence-electron chi connectivity index (χ0n) is 19.6. The van der Waals surface area contributed by atoms with Crippen molar-refractivity contribution < 1.29 is 32.7 Å². The Kier molecular flexibility index (Phi) is 9.12. The van der Waals surface area contributed by atoms with Gasteiger partial charge in [-0.3, -0.25) is 14.4 Å². The van der Waals surface area contributed by atoms with Crippen molar-refractivity contribution in [1.29, 1.82) is 0 Å². The fourth-order valence-electron chi connectivity index (χ4n) is 3.14. The number of thiazole rings is 1. The zero-order chi connectivity index (χ0) is 28.2. The van der Waals surface area contributed by atoms with Crippen molar-refractivity contribution in [2.24, 2.45) is 0 Å². The molecule has 0 fully saturated rings. The summed E-state index contributed by atoms with van der Waals surface area (Å²) in [6, 6.07) is -0.0714. The van der Waals surface area contributed by atoms with Crippen LogP contribution in [-0.4, -0.2) is 44.4 Å². The molecule has 0 saturated carbocycles. The number of rotatable bonds is 9. The Bertz CT molecular complexity index is 1390. The van der Waals surface area contributed by atoms with Crippen molar-refractivity contribution >= 4 is 64.0 Å². The second-order valence-electron chi connectivity index (χ2n) is 7.68. The highest BCUT2D eigenvalue weighted by Gasteiger charge is 2.34. The maximum atomic E-state index is 13.1. The molecule has 1 atom stereocenters. The predicted molar refractivity (Wildman–Crippen MR) is 135 cm³/mol. The maximum absolute atomic E-state index is 13.1. The SMILES string of the molecule is CCc1cnc(NCC(=O)O)c(Cl)c1C(=O)NC(C)c1ncc(C(=O)Nc2cc(C(F)(F)F)c(Cl)cn2)s1. The predicted octanol–water partition coefficient (Wildman–Crippen LogP) is 5.06. The van der Waals surface area contributed by atoms with Crippen LogP contribution in [0.25, 0.3) is 0 Å². The van der Waals surface area contributed by atoms with E-state index in [1.807, 2.05) is 0 Å². The van der Waals surface area contributed by atoms with E-state index in [1.165, 1.54) is 12.4 Å². The highest BCUT2D eigenvalue weighted by molar-refractivity contribution is 7.13. The molecule has 4 N–H and O–H groups in total. The van der Waals surface area contributed by atoms with E-state index in [-0.39, 0.29) is 27.1 Å². The van der Waals surface area contributed by atoms with E-state index >= 15 is 0 Å². The van der Waals surface area contributed by atoms with Crippen LogP contribution in [0.5, 0.6) is 0 Å². The van der Waals surface area contributed by atoms with Crippen molar-refractivity contribution in [3.05, 3.63) is 61.3 Å². The number of halogens is 5. The Morgan fingerprint density at radius 3 is 2.45 bits per heavy atom. The van der Waals surface area contributed by atoms with Gasteiger partial charge in [-0.2, -0.15) is 13.2 Å². The average molecular weight is 591 g/mol. The maximum Gasteiger partial charge on any atom is 0.418 e. The quantitative estimate of drug-likeness (QED) is 0.270. The molecular formula is C22H19Cl2F3N6O4S. The first-order valence-electron chi connectivity index (χ1n) is 10.8. The highest BCUT2D eigenvalue weighted by atomic mass is 35.5. The molecule has 2 amide bonds. The fourth-order valence-corrected chi connectivity index (χ4v) is 4.49. The summed E-state index contributed by atoms with van der Waals surface area (Å²) in [7, 11) is 0. The zero-order valence-corrected chi connectivity index (χ0v) is 21.9. The number of anilines is 2. The summed E-state index contributed by atoms with van der Waals surface area (Å²) in [6.45, 7) is 2.94. The Balaban J connectivity index is 1.74. The van der Waals surface area contributed by atoms with Gasteiger partial charge in [-0.1, -0.05) is 30.1 Å². The van der Waals surface area contributed by atoms with Crippen molar-refractivity contribution in [3.63, 3.8) is 0 Å². The minimum Gasteiger partial charge on any atom is -0.480 e. The molecular weight excluding hydrogens is 572 g/mol. The van der Waals surface area contributed by atoms with Crippen LogP contribution in [0.4, 0.5) is 24.8 Å². The number of carbonyl (C=O) groups is 3. The van der Waals surface area contributed by atoms with Crippen molar-refractivity contribution in [3.8, 4) is 0 Å². The lowest BCUT2D eigenvalue weighted by molar-refractivity contribution is -0.137. The van der Waals surface area contributed by atoms with Gasteiger partial charge in [0.05, 0.1) is 33.4 Å². The van der Waals surface area contributed by atoms with Crippen molar-refractivity contribution in [2.75, 3.05) is 17.2 Å². The Morgan fingerprint density at radius 2 is 1.82 bits per heavy atom. The van der Waals surface area contributed by atoms with Gasteiger partial charge in [-0.25, -0.2) is 15.0 Å². The van der Waals surface area contributed by atoms with E-state index < -0.39 is 47.1 Å². The number of carboxylic acid groups (broad SMARTS) is 1. The fraction of sp³-hybridized carbons (Fsp3) is 0.273. The molecule has 16 heteroatoms. The van der Waals surface area contributed by atoms with Gasteiger partial charge in [0, 0.05) is 12.4 Å². The highest BCUT2D eigenvalue weighted by Crippen LogP contribution is 2.35. The largest absolute Gasteiger partial charge is 0.480 e. The first-order chi connectivity index (χ1) is 17.8. The Labute approximate surface area is 227 Å². The Morgan fingerprint density at radius 1 is 1.11 bits per heavy atom. The summed E-state index contributed by atoms with van der Waals surface area (Å²) in [6.07, 6.45) is -0.903. The third-order valence-electron chi connectivity index (χ3n) is 4.98. The molecule has 10 nitrogen and oxygen atoms in total. The van der Waals surface area contributed by atoms with Crippen LogP contribution in [0, 0.1) is 0 Å². The number of nitrogens with one attached hydrogen (secondary N) is 3. The van der Waals surface area contributed by atoms with E-state index in [4.69, 9.17) is 28.3 Å². The molecule has 3 aromatic rings. The van der Waals surface area contributed by atoms with Gasteiger partial charge in [-0.05, 0) is 25.0 Å². The van der Waals surface area contributed by atoms with Crippen molar-refractivity contribution in [1.82, 2.24) is 20.3 Å². The van der Waals surface area contributed by atoms with Crippen LogP contribution in [0.2, 0.25) is 10.0 Å². The normalized spacial score (nSPS) is 12.1. The smallest absolute Gasteiger partial charge is 0.418 e. The number of carbonyl (C=O) groups excluding carboxylic acids is 2. The van der Waals surface area contributed by atoms with Crippen LogP contribution in [0.3, 0.4) is 0 Å². The summed E-state index contributed by atoms with van der Waals surface area (Å²) in [5.74, 6) is -2.80. The van der Waals surface area contributed by atoms with Gasteiger partial charge in [-0.15, -0.1) is 11.3 Å². The molecule has 0 aliphatic rings. The lowest BCUT2D eigenvalue weighted by atomic mass is 10.1. The molecule has 1 unspecified atom stereocenters. The second-order valence-corrected chi connectivity index (χ2v) is 9.53. The van der Waals surface area contributed by atoms with E-state index in [0.29, 0.717) is 23.1 Å². The summed E-state index contributed by atoms with van der Waals surface area (Å²) in [5.41, 5.74) is -0.519. The number of carboxylic acids is 1. The molecule has 3 aromatic heterocycles. The lowest BCUT2D eigenvalue weighted by Gasteiger charge is -2.16. The molecule has 202 valence electrons. The third kappa shape index (κ3) is 6.88. The average Bonchev–Trinajstić information content (AvgIpc) is 3.34. The molecule has 38 heavy (non-hydrogen) atoms. The molecule has 0 aromatic carbocycles. The number of hydrogen-bond donors (Lipinski definition) is 4. The summed E-state index contributed by atoms with van der Waals surface area (Å²) in [5, 5.41) is 16.1. The minimum atomic E-state index is -4.73. The number of hydrogen-bond acceptors (Lipinski definition) is 8. The number of nitrogens with zero attached hydrogens (tertiary/aromatic N) is 3. The first kappa shape index (κ1) is 29.1. The van der Waals surface area contributed by atoms with Gasteiger partial charge in [0.25, 0.3) is 11.8 Å². The molecule has 0 saturated heterocycles. The van der Waals surface area contributed by atoms with Gasteiger partial charge in [0.1, 0.15) is 28.1 Å². The Hall–Kier alpha value is -3.49. The van der Waals surface area contributed by atoms with Crippen LogP contribution < -0.4 is 16.0 Å². The van der Waals surface area contributed by atoms with E-state index in [1.54, 1.807) is 13.8 Å². The number of aliphatic carboxylic acids is 1. The van der Waals surface area contributed by atoms with Gasteiger partial charge >= 0.3 is 12.1 Å². The van der Waals surface area contributed by atoms with Gasteiger partial charge < -0.3 is 21.1 Å². The topological polar surface area (TPSA) is 146 Å². The van der Waals surface area contributed by atoms with Crippen LogP contribution >= 0.6 is 34.5 Å². The number of pyridine rings is 2. The summed E-state index contributed by atoms with van der Waals surface area (Å²) >= 11 is 12.8. The minimum absolute atomic E-state index is 0.0294. The number of aromatic nitrogens is 3. The molecule has 0 bridgehead atoms. The van der Waals surface area contributed by atoms with E-state index in [2.05, 4.69) is 30.9 Å². The molecule has 3 rings (SSSR count). The molecule has 0 aliphatic carbocycles. The standard InChI is InChI=1S/C22H19Cl2F3N6O4S/c1-3-10-5-29-18(30-8-15(34)35)17(24)16(10)20(37)32-9(2)21-31-7-13(38-21)19(36)33-14-4-11(22(25,26)27)12(23)6-28-14/h4-7,9H,3,8H2,1-2H3,(H,29,30)(H,32,37)(H,34,35)(H,28,33,36). The number of aryl methyl sites for hydroxylation is 1. The summed E-state index contributed by atoms with van der Waals surface area (Å²) in [4.78, 5) is 48.4. The van der Waals surface area contributed by atoms with Crippen LogP contribution in [-0.2, 0) is 17.4 Å². The molecule has 0 spiro atoms. The summed E-state index contributed by atoms with van der Waals surface area (Å²) < 4.78 is 39.2. The molecule has 0 radical (unpaired) electrons. The molecule has 3 heterocycles. The third-order valence-corrected chi connectivity index (χ3v) is 6.83. The lowest BCUT2D eigenvalue weighted by Crippen LogP contribution is -2.28. The van der Waals surface area contributed by atoms with Crippen LogP contribution in [0.15, 0.2) is 24.7 Å². The van der Waals surface area contributed by atoms with Gasteiger partial charge in [0.15, 0.2) is 0 Å². The van der Waals surface area contributed by atoms with Crippen LogP contribution in [0.1, 0.15) is 56.1 Å². The monoisotopic (exact) mass is 590 g/mol. The van der Waals surface area contributed by atoms with Gasteiger partial charge in [0.2, 0.25) is 0 Å². The number of alkyl halides is 3. The first-order valence-corrected chi connectivity index (χ1v) is 12.3. The van der Waals surface area contributed by atoms with Crippen molar-refractivity contribution in [2.45, 2.75) is 32.5 Å². The van der Waals surface area contributed by atoms with E-state index in [0.717, 1.165) is 17.5 Å². The number of amides is 2. The second kappa shape index (κ2) is 11.9.